The van der Waals surface area contributed by atoms with E-state index in [-0.39, 0.29) is 18.1 Å². The van der Waals surface area contributed by atoms with Crippen LogP contribution in [0.1, 0.15) is 13.8 Å². The minimum Gasteiger partial charge on any atom is -0.494 e. The molecule has 0 radical (unpaired) electrons. The van der Waals surface area contributed by atoms with Crippen LogP contribution in [0.5, 0.6) is 5.75 Å². The van der Waals surface area contributed by atoms with E-state index in [1.54, 1.807) is 15.5 Å². The zero-order valence-corrected chi connectivity index (χ0v) is 20.9. The lowest BCUT2D eigenvalue weighted by atomic mass is 10.1. The van der Waals surface area contributed by atoms with Gasteiger partial charge in [-0.1, -0.05) is 42.5 Å². The van der Waals surface area contributed by atoms with E-state index in [2.05, 4.69) is 0 Å². The van der Waals surface area contributed by atoms with Gasteiger partial charge in [0.1, 0.15) is 12.4 Å². The van der Waals surface area contributed by atoms with E-state index >= 15 is 0 Å². The van der Waals surface area contributed by atoms with E-state index in [9.17, 15) is 9.59 Å². The number of hydrogen-bond donors (Lipinski definition) is 0. The lowest BCUT2D eigenvalue weighted by molar-refractivity contribution is -0.116. The van der Waals surface area contributed by atoms with Crippen molar-refractivity contribution < 1.29 is 9.53 Å². The van der Waals surface area contributed by atoms with Gasteiger partial charge in [-0.2, -0.15) is 0 Å². The number of benzene rings is 4. The number of aromatic nitrogens is 2. The van der Waals surface area contributed by atoms with Crippen molar-refractivity contribution in [3.63, 3.8) is 0 Å². The summed E-state index contributed by atoms with van der Waals surface area (Å²) in [7, 11) is 0. The number of carbonyl (C=O) groups excluding carboxylic acids is 1. The van der Waals surface area contributed by atoms with Crippen molar-refractivity contribution in [3.8, 4) is 11.4 Å². The van der Waals surface area contributed by atoms with Crippen molar-refractivity contribution >= 4 is 45.5 Å². The van der Waals surface area contributed by atoms with Gasteiger partial charge in [-0.15, -0.1) is 0 Å². The maximum atomic E-state index is 13.6. The Bertz CT molecular complexity index is 1700. The van der Waals surface area contributed by atoms with Crippen molar-refractivity contribution in [1.82, 2.24) is 9.13 Å². The Morgan fingerprint density at radius 3 is 2.33 bits per heavy atom. The molecule has 7 heteroatoms. The number of hydrogen-bond acceptors (Lipinski definition) is 4. The third kappa shape index (κ3) is 4.29. The molecule has 0 aliphatic carbocycles. The van der Waals surface area contributed by atoms with Crippen molar-refractivity contribution in [3.05, 3.63) is 106 Å². The quantitative estimate of drug-likeness (QED) is 0.268. The highest BCUT2D eigenvalue weighted by atomic mass is 32.1. The van der Waals surface area contributed by atoms with Crippen molar-refractivity contribution in [2.24, 2.45) is 0 Å². The molecule has 0 saturated heterocycles. The Labute approximate surface area is 213 Å². The Kier molecular flexibility index (Phi) is 6.40. The van der Waals surface area contributed by atoms with Gasteiger partial charge in [-0.25, -0.2) is 0 Å². The zero-order chi connectivity index (χ0) is 25.2. The van der Waals surface area contributed by atoms with Crippen LogP contribution in [-0.2, 0) is 11.5 Å². The Balaban J connectivity index is 1.68. The van der Waals surface area contributed by atoms with Crippen LogP contribution in [0.3, 0.4) is 0 Å². The van der Waals surface area contributed by atoms with E-state index in [4.69, 9.17) is 17.0 Å². The molecule has 0 aliphatic rings. The van der Waals surface area contributed by atoms with E-state index in [0.29, 0.717) is 33.7 Å². The lowest BCUT2D eigenvalue weighted by Gasteiger charge is -2.25. The fourth-order valence-electron chi connectivity index (χ4n) is 4.39. The van der Waals surface area contributed by atoms with Gasteiger partial charge in [-0.3, -0.25) is 23.6 Å². The van der Waals surface area contributed by atoms with Gasteiger partial charge in [0.2, 0.25) is 5.91 Å². The third-order valence-corrected chi connectivity index (χ3v) is 6.57. The number of carbonyl (C=O) groups is 1. The SMILES string of the molecule is CCOc1ccc(N(Cn2c(=S)n(-c3ccc4ccccc4c3)c(=O)c3ccccc32)C(C)=O)cc1. The molecule has 0 aliphatic heterocycles. The molecule has 4 aromatic carbocycles. The Morgan fingerprint density at radius 1 is 0.917 bits per heavy atom. The van der Waals surface area contributed by atoms with Gasteiger partial charge in [0, 0.05) is 12.6 Å². The largest absolute Gasteiger partial charge is 0.494 e. The van der Waals surface area contributed by atoms with Gasteiger partial charge in [-0.05, 0) is 78.4 Å². The molecule has 0 saturated carbocycles. The summed E-state index contributed by atoms with van der Waals surface area (Å²) in [6, 6.07) is 28.5. The second kappa shape index (κ2) is 9.79. The minimum absolute atomic E-state index is 0.145. The number of amides is 1. The molecule has 36 heavy (non-hydrogen) atoms. The number of rotatable bonds is 6. The monoisotopic (exact) mass is 495 g/mol. The molecule has 0 spiro atoms. The van der Waals surface area contributed by atoms with Crippen LogP contribution in [0.15, 0.2) is 95.8 Å². The minimum atomic E-state index is -0.197. The molecular weight excluding hydrogens is 470 g/mol. The molecule has 5 aromatic rings. The van der Waals surface area contributed by atoms with Crippen LogP contribution >= 0.6 is 12.2 Å². The van der Waals surface area contributed by atoms with E-state index in [1.807, 2.05) is 96.4 Å². The van der Waals surface area contributed by atoms with Crippen LogP contribution in [-0.4, -0.2) is 21.6 Å². The molecule has 1 amide bonds. The van der Waals surface area contributed by atoms with Crippen molar-refractivity contribution in [2.45, 2.75) is 20.5 Å². The molecule has 0 fully saturated rings. The molecule has 0 N–H and O–H groups in total. The van der Waals surface area contributed by atoms with Gasteiger partial charge in [0.15, 0.2) is 4.77 Å². The van der Waals surface area contributed by atoms with Crippen molar-refractivity contribution in [1.29, 1.82) is 0 Å². The highest BCUT2D eigenvalue weighted by Gasteiger charge is 2.18. The number of nitrogens with zero attached hydrogens (tertiary/aromatic N) is 3. The molecule has 1 heterocycles. The van der Waals surface area contributed by atoms with Crippen LogP contribution in [0, 0.1) is 4.77 Å². The topological polar surface area (TPSA) is 56.5 Å². The highest BCUT2D eigenvalue weighted by Crippen LogP contribution is 2.23. The first-order valence-electron chi connectivity index (χ1n) is 11.7. The molecule has 0 unspecified atom stereocenters. The molecular formula is C29H25N3O3S. The van der Waals surface area contributed by atoms with Gasteiger partial charge >= 0.3 is 0 Å². The summed E-state index contributed by atoms with van der Waals surface area (Å²) in [4.78, 5) is 28.0. The zero-order valence-electron chi connectivity index (χ0n) is 20.0. The number of fused-ring (bicyclic) bond motifs is 2. The first kappa shape index (κ1) is 23.5. The summed E-state index contributed by atoms with van der Waals surface area (Å²) in [6.07, 6.45) is 0. The second-order valence-electron chi connectivity index (χ2n) is 8.42. The highest BCUT2D eigenvalue weighted by molar-refractivity contribution is 7.71. The number of ether oxygens (including phenoxy) is 1. The van der Waals surface area contributed by atoms with Crippen molar-refractivity contribution in [2.75, 3.05) is 11.5 Å². The fourth-order valence-corrected chi connectivity index (χ4v) is 4.74. The third-order valence-electron chi connectivity index (χ3n) is 6.16. The summed E-state index contributed by atoms with van der Waals surface area (Å²) >= 11 is 5.89. The molecule has 0 atom stereocenters. The smallest absolute Gasteiger partial charge is 0.266 e. The predicted octanol–water partition coefficient (Wildman–Crippen LogP) is 6.08. The normalized spacial score (nSPS) is 11.1. The summed E-state index contributed by atoms with van der Waals surface area (Å²) in [5.74, 6) is 0.588. The molecule has 1 aromatic heterocycles. The van der Waals surface area contributed by atoms with Crippen LogP contribution in [0.4, 0.5) is 5.69 Å². The molecule has 180 valence electrons. The second-order valence-corrected chi connectivity index (χ2v) is 8.78. The Morgan fingerprint density at radius 2 is 1.61 bits per heavy atom. The van der Waals surface area contributed by atoms with E-state index in [1.165, 1.54) is 6.92 Å². The first-order valence-corrected chi connectivity index (χ1v) is 12.1. The van der Waals surface area contributed by atoms with Crippen LogP contribution < -0.4 is 15.2 Å². The molecule has 6 nitrogen and oxygen atoms in total. The summed E-state index contributed by atoms with van der Waals surface area (Å²) < 4.78 is 9.23. The van der Waals surface area contributed by atoms with Crippen LogP contribution in [0.2, 0.25) is 0 Å². The lowest BCUT2D eigenvalue weighted by Crippen LogP contribution is -2.34. The van der Waals surface area contributed by atoms with Gasteiger partial charge in [0.25, 0.3) is 5.56 Å². The summed E-state index contributed by atoms with van der Waals surface area (Å²) in [5, 5.41) is 2.61. The standard InChI is InChI=1S/C29H25N3O3S/c1-3-35-25-16-14-23(15-17-25)30(20(2)33)19-31-27-11-7-6-10-26(27)28(34)32(29(31)36)24-13-12-21-8-4-5-9-22(21)18-24/h4-18H,3,19H2,1-2H3. The predicted molar refractivity (Wildman–Crippen MR) is 147 cm³/mol. The molecule has 0 bridgehead atoms. The van der Waals surface area contributed by atoms with Gasteiger partial charge < -0.3 is 4.74 Å². The summed E-state index contributed by atoms with van der Waals surface area (Å²) in [5.41, 5.74) is 1.86. The molecule has 5 rings (SSSR count). The maximum absolute atomic E-state index is 13.6. The maximum Gasteiger partial charge on any atom is 0.266 e. The van der Waals surface area contributed by atoms with Gasteiger partial charge in [0.05, 0.1) is 23.2 Å². The fraction of sp³-hybridized carbons (Fsp3) is 0.138. The van der Waals surface area contributed by atoms with Crippen LogP contribution in [0.25, 0.3) is 27.4 Å². The summed E-state index contributed by atoms with van der Waals surface area (Å²) in [6.45, 7) is 4.15. The first-order chi connectivity index (χ1) is 17.5. The number of para-hydroxylation sites is 1. The van der Waals surface area contributed by atoms with E-state index in [0.717, 1.165) is 16.5 Å². The average Bonchev–Trinajstić information content (AvgIpc) is 2.89. The van der Waals surface area contributed by atoms with E-state index < -0.39 is 0 Å². The number of anilines is 1. The Hall–Kier alpha value is -4.23. The average molecular weight is 496 g/mol.